The van der Waals surface area contributed by atoms with E-state index in [1.54, 1.807) is 7.11 Å². The summed E-state index contributed by atoms with van der Waals surface area (Å²) in [4.78, 5) is 2.35. The summed E-state index contributed by atoms with van der Waals surface area (Å²) in [6.45, 7) is 4.42. The van der Waals surface area contributed by atoms with Crippen LogP contribution >= 0.6 is 0 Å². The van der Waals surface area contributed by atoms with E-state index in [0.717, 1.165) is 18.7 Å². The fraction of sp³-hybridized carbons (Fsp3) is 0.625. The standard InChI is InChI=1S/C16H26N2O/c1-4-13-11-15(8-9-16(13)19-3)18(2)12-14-7-5-6-10-17-14/h8-9,11,14,17H,4-7,10,12H2,1-3H3. The lowest BCUT2D eigenvalue weighted by atomic mass is 10.0. The highest BCUT2D eigenvalue weighted by molar-refractivity contribution is 5.53. The van der Waals surface area contributed by atoms with Crippen molar-refractivity contribution in [2.24, 2.45) is 0 Å². The molecular weight excluding hydrogens is 236 g/mol. The molecule has 3 heteroatoms. The van der Waals surface area contributed by atoms with Crippen LogP contribution < -0.4 is 15.0 Å². The van der Waals surface area contributed by atoms with Crippen LogP contribution in [0.25, 0.3) is 0 Å². The molecule has 19 heavy (non-hydrogen) atoms. The van der Waals surface area contributed by atoms with Gasteiger partial charge in [0.2, 0.25) is 0 Å². The molecule has 0 aliphatic carbocycles. The van der Waals surface area contributed by atoms with Crippen molar-refractivity contribution in [1.29, 1.82) is 0 Å². The summed E-state index contributed by atoms with van der Waals surface area (Å²) < 4.78 is 5.39. The molecule has 3 nitrogen and oxygen atoms in total. The molecule has 1 aliphatic heterocycles. The summed E-state index contributed by atoms with van der Waals surface area (Å²) >= 11 is 0. The van der Waals surface area contributed by atoms with Crippen LogP contribution in [0.5, 0.6) is 5.75 Å². The van der Waals surface area contributed by atoms with Gasteiger partial charge in [0.15, 0.2) is 0 Å². The number of hydrogen-bond donors (Lipinski definition) is 1. The van der Waals surface area contributed by atoms with Crippen LogP contribution in [0, 0.1) is 0 Å². The minimum absolute atomic E-state index is 0.630. The SMILES string of the molecule is CCc1cc(N(C)CC2CCCCN2)ccc1OC. The molecule has 1 atom stereocenters. The molecule has 0 aromatic heterocycles. The topological polar surface area (TPSA) is 24.5 Å². The van der Waals surface area contributed by atoms with Crippen LogP contribution in [0.4, 0.5) is 5.69 Å². The molecule has 1 aliphatic rings. The van der Waals surface area contributed by atoms with Gasteiger partial charge in [0.05, 0.1) is 7.11 Å². The van der Waals surface area contributed by atoms with E-state index in [-0.39, 0.29) is 0 Å². The van der Waals surface area contributed by atoms with Gasteiger partial charge in [0.1, 0.15) is 5.75 Å². The zero-order valence-corrected chi connectivity index (χ0v) is 12.4. The lowest BCUT2D eigenvalue weighted by molar-refractivity contribution is 0.403. The van der Waals surface area contributed by atoms with Gasteiger partial charge in [-0.25, -0.2) is 0 Å². The smallest absolute Gasteiger partial charge is 0.122 e. The van der Waals surface area contributed by atoms with Gasteiger partial charge in [-0.05, 0) is 49.6 Å². The van der Waals surface area contributed by atoms with Gasteiger partial charge >= 0.3 is 0 Å². The van der Waals surface area contributed by atoms with E-state index in [9.17, 15) is 0 Å². The van der Waals surface area contributed by atoms with Gasteiger partial charge in [-0.2, -0.15) is 0 Å². The summed E-state index contributed by atoms with van der Waals surface area (Å²) in [6.07, 6.45) is 4.98. The maximum Gasteiger partial charge on any atom is 0.122 e. The van der Waals surface area contributed by atoms with Crippen molar-refractivity contribution in [2.75, 3.05) is 32.1 Å². The highest BCUT2D eigenvalue weighted by atomic mass is 16.5. The number of likely N-dealkylation sites (N-methyl/N-ethyl adjacent to an activating group) is 1. The molecular formula is C16H26N2O. The average Bonchev–Trinajstić information content (AvgIpc) is 2.47. The highest BCUT2D eigenvalue weighted by Crippen LogP contribution is 2.25. The number of nitrogens with zero attached hydrogens (tertiary/aromatic N) is 1. The predicted octanol–water partition coefficient (Wildman–Crippen LogP) is 2.84. The number of aryl methyl sites for hydroxylation is 1. The van der Waals surface area contributed by atoms with Gasteiger partial charge < -0.3 is 15.0 Å². The first-order valence-electron chi connectivity index (χ1n) is 7.36. The van der Waals surface area contributed by atoms with E-state index < -0.39 is 0 Å². The Labute approximate surface area is 116 Å². The van der Waals surface area contributed by atoms with Crippen molar-refractivity contribution >= 4 is 5.69 Å². The summed E-state index contributed by atoms with van der Waals surface area (Å²) in [5.41, 5.74) is 2.56. The normalized spacial score (nSPS) is 19.2. The Morgan fingerprint density at radius 2 is 2.21 bits per heavy atom. The van der Waals surface area contributed by atoms with Crippen molar-refractivity contribution in [3.8, 4) is 5.75 Å². The predicted molar refractivity (Wildman–Crippen MR) is 81.3 cm³/mol. The third kappa shape index (κ3) is 3.63. The molecule has 1 N–H and O–H groups in total. The van der Waals surface area contributed by atoms with E-state index in [0.29, 0.717) is 6.04 Å². The molecule has 1 aromatic carbocycles. The minimum atomic E-state index is 0.630. The quantitative estimate of drug-likeness (QED) is 0.883. The Kier molecular flexibility index (Phi) is 5.08. The molecule has 1 heterocycles. The first-order chi connectivity index (χ1) is 9.24. The number of benzene rings is 1. The van der Waals surface area contributed by atoms with E-state index >= 15 is 0 Å². The number of ether oxygens (including phenoxy) is 1. The Bertz CT molecular complexity index is 400. The maximum absolute atomic E-state index is 5.39. The Balaban J connectivity index is 2.03. The zero-order chi connectivity index (χ0) is 13.7. The van der Waals surface area contributed by atoms with Crippen molar-refractivity contribution < 1.29 is 4.74 Å². The number of nitrogens with one attached hydrogen (secondary N) is 1. The number of anilines is 1. The molecule has 106 valence electrons. The molecule has 1 unspecified atom stereocenters. The second kappa shape index (κ2) is 6.80. The lowest BCUT2D eigenvalue weighted by Crippen LogP contribution is -2.42. The average molecular weight is 262 g/mol. The van der Waals surface area contributed by atoms with Crippen molar-refractivity contribution in [1.82, 2.24) is 5.32 Å². The van der Waals surface area contributed by atoms with Crippen LogP contribution in [-0.4, -0.2) is 33.3 Å². The van der Waals surface area contributed by atoms with Crippen LogP contribution in [-0.2, 0) is 6.42 Å². The molecule has 1 saturated heterocycles. The van der Waals surface area contributed by atoms with Gasteiger partial charge in [-0.3, -0.25) is 0 Å². The van der Waals surface area contributed by atoms with Crippen LogP contribution in [0.1, 0.15) is 31.7 Å². The molecule has 1 aromatic rings. The molecule has 2 rings (SSSR count). The summed E-state index contributed by atoms with van der Waals surface area (Å²) in [5.74, 6) is 0.996. The number of hydrogen-bond acceptors (Lipinski definition) is 3. The first kappa shape index (κ1) is 14.2. The summed E-state index contributed by atoms with van der Waals surface area (Å²) in [7, 11) is 3.92. The summed E-state index contributed by atoms with van der Waals surface area (Å²) in [5, 5.41) is 3.60. The van der Waals surface area contributed by atoms with Gasteiger partial charge in [-0.15, -0.1) is 0 Å². The summed E-state index contributed by atoms with van der Waals surface area (Å²) in [6, 6.07) is 7.12. The van der Waals surface area contributed by atoms with Gasteiger partial charge in [-0.1, -0.05) is 13.3 Å². The highest BCUT2D eigenvalue weighted by Gasteiger charge is 2.15. The zero-order valence-electron chi connectivity index (χ0n) is 12.4. The van der Waals surface area contributed by atoms with Crippen LogP contribution in [0.3, 0.4) is 0 Å². The number of methoxy groups -OCH3 is 1. The third-order valence-corrected chi connectivity index (χ3v) is 3.99. The van der Waals surface area contributed by atoms with E-state index in [4.69, 9.17) is 4.74 Å². The lowest BCUT2D eigenvalue weighted by Gasteiger charge is -2.29. The molecule has 1 fully saturated rings. The maximum atomic E-state index is 5.39. The van der Waals surface area contributed by atoms with Gasteiger partial charge in [0, 0.05) is 25.3 Å². The van der Waals surface area contributed by atoms with Crippen molar-refractivity contribution in [2.45, 2.75) is 38.6 Å². The van der Waals surface area contributed by atoms with Gasteiger partial charge in [0.25, 0.3) is 0 Å². The second-order valence-corrected chi connectivity index (χ2v) is 5.38. The van der Waals surface area contributed by atoms with Crippen LogP contribution in [0.15, 0.2) is 18.2 Å². The van der Waals surface area contributed by atoms with Crippen molar-refractivity contribution in [3.05, 3.63) is 23.8 Å². The fourth-order valence-corrected chi connectivity index (χ4v) is 2.79. The molecule has 0 radical (unpaired) electrons. The molecule has 0 bridgehead atoms. The fourth-order valence-electron chi connectivity index (χ4n) is 2.79. The van der Waals surface area contributed by atoms with E-state index in [1.165, 1.54) is 37.1 Å². The Morgan fingerprint density at radius 3 is 2.84 bits per heavy atom. The second-order valence-electron chi connectivity index (χ2n) is 5.38. The van der Waals surface area contributed by atoms with E-state index in [1.807, 2.05) is 0 Å². The van der Waals surface area contributed by atoms with E-state index in [2.05, 4.69) is 42.4 Å². The third-order valence-electron chi connectivity index (χ3n) is 3.99. The number of rotatable bonds is 5. The first-order valence-corrected chi connectivity index (χ1v) is 7.36. The molecule has 0 amide bonds. The largest absolute Gasteiger partial charge is 0.496 e. The van der Waals surface area contributed by atoms with Crippen LogP contribution in [0.2, 0.25) is 0 Å². The molecule has 0 saturated carbocycles. The van der Waals surface area contributed by atoms with Crippen molar-refractivity contribution in [3.63, 3.8) is 0 Å². The number of piperidine rings is 1. The Morgan fingerprint density at radius 1 is 1.37 bits per heavy atom. The minimum Gasteiger partial charge on any atom is -0.496 e. The molecule has 0 spiro atoms. The monoisotopic (exact) mass is 262 g/mol. The Hall–Kier alpha value is -1.22.